The molecule has 1 aliphatic rings. The minimum absolute atomic E-state index is 0.796. The molecule has 0 saturated heterocycles. The van der Waals surface area contributed by atoms with Gasteiger partial charge in [0.1, 0.15) is 0 Å². The van der Waals surface area contributed by atoms with Gasteiger partial charge in [-0.25, -0.2) is 0 Å². The predicted octanol–water partition coefficient (Wildman–Crippen LogP) is 3.91. The second-order valence-corrected chi connectivity index (χ2v) is 5.53. The van der Waals surface area contributed by atoms with Crippen LogP contribution in [0, 0.1) is 11.8 Å². The van der Waals surface area contributed by atoms with Crippen LogP contribution < -0.4 is 5.32 Å². The molecule has 2 rings (SSSR count). The Hall–Kier alpha value is -0.530. The van der Waals surface area contributed by atoms with Gasteiger partial charge in [-0.1, -0.05) is 49.9 Å². The first-order chi connectivity index (χ1) is 8.29. The van der Waals surface area contributed by atoms with Crippen LogP contribution in [0.1, 0.15) is 31.7 Å². The van der Waals surface area contributed by atoms with Gasteiger partial charge in [0, 0.05) is 5.02 Å². The number of nitrogens with one attached hydrogen (secondary N) is 1. The predicted molar refractivity (Wildman–Crippen MR) is 74.5 cm³/mol. The maximum absolute atomic E-state index is 5.92. The first-order valence-electron chi connectivity index (χ1n) is 6.74. The summed E-state index contributed by atoms with van der Waals surface area (Å²) in [5.74, 6) is 1.73. The largest absolute Gasteiger partial charge is 0.317 e. The molecule has 0 amide bonds. The molecule has 1 fully saturated rings. The van der Waals surface area contributed by atoms with E-state index in [2.05, 4.69) is 24.4 Å². The molecule has 1 saturated carbocycles. The zero-order valence-corrected chi connectivity index (χ0v) is 11.3. The van der Waals surface area contributed by atoms with Gasteiger partial charge in [-0.3, -0.25) is 0 Å². The molecular formula is C15H22ClN. The molecule has 0 spiro atoms. The number of halogens is 1. The van der Waals surface area contributed by atoms with Crippen LogP contribution in [0.15, 0.2) is 24.3 Å². The number of benzene rings is 1. The summed E-state index contributed by atoms with van der Waals surface area (Å²) in [6, 6.07) is 8.34. The van der Waals surface area contributed by atoms with Crippen LogP contribution >= 0.6 is 11.6 Å². The average Bonchev–Trinajstić information content (AvgIpc) is 2.26. The summed E-state index contributed by atoms with van der Waals surface area (Å²) < 4.78 is 0. The number of rotatable bonds is 6. The first kappa shape index (κ1) is 12.9. The van der Waals surface area contributed by atoms with Gasteiger partial charge in [0.05, 0.1) is 0 Å². The molecule has 1 aliphatic carbocycles. The van der Waals surface area contributed by atoms with Crippen molar-refractivity contribution in [1.29, 1.82) is 0 Å². The zero-order valence-electron chi connectivity index (χ0n) is 10.6. The molecule has 1 atom stereocenters. The fourth-order valence-electron chi connectivity index (χ4n) is 2.57. The maximum atomic E-state index is 5.92. The van der Waals surface area contributed by atoms with Crippen molar-refractivity contribution in [1.82, 2.24) is 5.32 Å². The van der Waals surface area contributed by atoms with Crippen LogP contribution in [-0.4, -0.2) is 13.1 Å². The molecule has 1 aromatic carbocycles. The molecule has 1 nitrogen and oxygen atoms in total. The van der Waals surface area contributed by atoms with E-state index in [0.717, 1.165) is 29.9 Å². The SMILES string of the molecule is CCNCC(Cc1ccc(Cl)cc1)C1CCC1. The van der Waals surface area contributed by atoms with E-state index >= 15 is 0 Å². The highest BCUT2D eigenvalue weighted by Gasteiger charge is 2.26. The molecule has 0 aliphatic heterocycles. The first-order valence-corrected chi connectivity index (χ1v) is 7.12. The summed E-state index contributed by atoms with van der Waals surface area (Å²) in [4.78, 5) is 0. The Morgan fingerprint density at radius 2 is 2.00 bits per heavy atom. The van der Waals surface area contributed by atoms with Crippen LogP contribution in [0.5, 0.6) is 0 Å². The van der Waals surface area contributed by atoms with Crippen molar-refractivity contribution in [3.05, 3.63) is 34.9 Å². The zero-order chi connectivity index (χ0) is 12.1. The summed E-state index contributed by atoms with van der Waals surface area (Å²) in [5, 5.41) is 4.34. The van der Waals surface area contributed by atoms with Gasteiger partial charge in [0.15, 0.2) is 0 Å². The van der Waals surface area contributed by atoms with Gasteiger partial charge >= 0.3 is 0 Å². The fraction of sp³-hybridized carbons (Fsp3) is 0.600. The van der Waals surface area contributed by atoms with Gasteiger partial charge in [-0.15, -0.1) is 0 Å². The van der Waals surface area contributed by atoms with Crippen LogP contribution in [0.4, 0.5) is 0 Å². The molecule has 0 heterocycles. The molecule has 94 valence electrons. The van der Waals surface area contributed by atoms with Crippen molar-refractivity contribution in [3.63, 3.8) is 0 Å². The van der Waals surface area contributed by atoms with Crippen molar-refractivity contribution in [2.75, 3.05) is 13.1 Å². The van der Waals surface area contributed by atoms with E-state index in [9.17, 15) is 0 Å². The van der Waals surface area contributed by atoms with Crippen molar-refractivity contribution >= 4 is 11.6 Å². The van der Waals surface area contributed by atoms with Crippen molar-refractivity contribution in [2.45, 2.75) is 32.6 Å². The molecule has 0 aromatic heterocycles. The quantitative estimate of drug-likeness (QED) is 0.809. The second kappa shape index (κ2) is 6.42. The molecule has 2 heteroatoms. The Morgan fingerprint density at radius 3 is 2.53 bits per heavy atom. The Morgan fingerprint density at radius 1 is 1.29 bits per heavy atom. The van der Waals surface area contributed by atoms with Gasteiger partial charge in [-0.05, 0) is 49.0 Å². The van der Waals surface area contributed by atoms with Crippen LogP contribution in [0.3, 0.4) is 0 Å². The van der Waals surface area contributed by atoms with Crippen LogP contribution in [0.2, 0.25) is 5.02 Å². The summed E-state index contributed by atoms with van der Waals surface area (Å²) in [7, 11) is 0. The standard InChI is InChI=1S/C15H22ClN/c1-2-17-11-14(13-4-3-5-13)10-12-6-8-15(16)9-7-12/h6-9,13-14,17H,2-5,10-11H2,1H3. The molecule has 0 bridgehead atoms. The Balaban J connectivity index is 1.93. The lowest BCUT2D eigenvalue weighted by Crippen LogP contribution is -2.33. The maximum Gasteiger partial charge on any atom is 0.0406 e. The molecule has 0 radical (unpaired) electrons. The second-order valence-electron chi connectivity index (χ2n) is 5.09. The molecule has 1 N–H and O–H groups in total. The lowest BCUT2D eigenvalue weighted by molar-refractivity contribution is 0.200. The lowest BCUT2D eigenvalue weighted by Gasteiger charge is -2.34. The van der Waals surface area contributed by atoms with Crippen molar-refractivity contribution in [3.8, 4) is 0 Å². The minimum Gasteiger partial charge on any atom is -0.317 e. The van der Waals surface area contributed by atoms with E-state index in [4.69, 9.17) is 11.6 Å². The van der Waals surface area contributed by atoms with Crippen molar-refractivity contribution in [2.24, 2.45) is 11.8 Å². The average molecular weight is 252 g/mol. The summed E-state index contributed by atoms with van der Waals surface area (Å²) in [5.41, 5.74) is 1.42. The third-order valence-electron chi connectivity index (χ3n) is 3.88. The lowest BCUT2D eigenvalue weighted by atomic mass is 9.73. The fourth-order valence-corrected chi connectivity index (χ4v) is 2.70. The highest BCUT2D eigenvalue weighted by Crippen LogP contribution is 2.35. The Kier molecular flexibility index (Phi) is 4.87. The molecule has 1 aromatic rings. The highest BCUT2D eigenvalue weighted by molar-refractivity contribution is 6.30. The van der Waals surface area contributed by atoms with E-state index in [0.29, 0.717) is 0 Å². The van der Waals surface area contributed by atoms with Gasteiger partial charge in [-0.2, -0.15) is 0 Å². The highest BCUT2D eigenvalue weighted by atomic mass is 35.5. The van der Waals surface area contributed by atoms with Gasteiger partial charge in [0.25, 0.3) is 0 Å². The van der Waals surface area contributed by atoms with E-state index in [-0.39, 0.29) is 0 Å². The molecule has 1 unspecified atom stereocenters. The van der Waals surface area contributed by atoms with Crippen LogP contribution in [-0.2, 0) is 6.42 Å². The number of hydrogen-bond donors (Lipinski definition) is 1. The number of hydrogen-bond acceptors (Lipinski definition) is 1. The third kappa shape index (κ3) is 3.72. The van der Waals surface area contributed by atoms with E-state index in [1.165, 1.54) is 31.2 Å². The smallest absolute Gasteiger partial charge is 0.0406 e. The monoisotopic (exact) mass is 251 g/mol. The summed E-state index contributed by atoms with van der Waals surface area (Å²) >= 11 is 5.92. The minimum atomic E-state index is 0.796. The van der Waals surface area contributed by atoms with Crippen LogP contribution in [0.25, 0.3) is 0 Å². The van der Waals surface area contributed by atoms with Crippen molar-refractivity contribution < 1.29 is 0 Å². The Bertz CT molecular complexity index is 329. The molecular weight excluding hydrogens is 230 g/mol. The van der Waals surface area contributed by atoms with Gasteiger partial charge < -0.3 is 5.32 Å². The summed E-state index contributed by atoms with van der Waals surface area (Å²) in [6.45, 7) is 4.41. The van der Waals surface area contributed by atoms with Gasteiger partial charge in [0.2, 0.25) is 0 Å². The van der Waals surface area contributed by atoms with E-state index in [1.807, 2.05) is 12.1 Å². The third-order valence-corrected chi connectivity index (χ3v) is 4.14. The van der Waals surface area contributed by atoms with E-state index < -0.39 is 0 Å². The topological polar surface area (TPSA) is 12.0 Å². The summed E-state index contributed by atoms with van der Waals surface area (Å²) in [6.07, 6.45) is 5.45. The Labute approximate surface area is 110 Å². The molecule has 17 heavy (non-hydrogen) atoms. The van der Waals surface area contributed by atoms with E-state index in [1.54, 1.807) is 0 Å². The normalized spacial score (nSPS) is 17.8.